The summed E-state index contributed by atoms with van der Waals surface area (Å²) in [7, 11) is 0. The van der Waals surface area contributed by atoms with Gasteiger partial charge >= 0.3 is 6.16 Å². The first-order chi connectivity index (χ1) is 15.8. The second-order valence-corrected chi connectivity index (χ2v) is 6.52. The number of hydrogen-bond acceptors (Lipinski definition) is 5. The van der Waals surface area contributed by atoms with E-state index in [9.17, 15) is 27.6 Å². The lowest BCUT2D eigenvalue weighted by molar-refractivity contribution is 0.101. The predicted molar refractivity (Wildman–Crippen MR) is 113 cm³/mol. The van der Waals surface area contributed by atoms with Crippen LogP contribution in [-0.2, 0) is 4.74 Å². The third kappa shape index (κ3) is 5.88. The van der Waals surface area contributed by atoms with Crippen LogP contribution in [0.4, 0.5) is 29.3 Å². The molecule has 0 spiro atoms. The first kappa shape index (κ1) is 23.3. The van der Waals surface area contributed by atoms with Gasteiger partial charge in [0.05, 0.1) is 12.2 Å². The number of halogens is 3. The maximum atomic E-state index is 13.8. The molecule has 33 heavy (non-hydrogen) atoms. The van der Waals surface area contributed by atoms with Gasteiger partial charge in [-0.2, -0.15) is 0 Å². The zero-order chi connectivity index (χ0) is 24.0. The molecule has 0 saturated heterocycles. The third-order valence-corrected chi connectivity index (χ3v) is 4.26. The summed E-state index contributed by atoms with van der Waals surface area (Å²) in [6, 6.07) is 13.1. The van der Waals surface area contributed by atoms with E-state index < -0.39 is 41.0 Å². The molecular weight excluding hydrogens is 441 g/mol. The lowest BCUT2D eigenvalue weighted by Gasteiger charge is -2.09. The highest BCUT2D eigenvalue weighted by Gasteiger charge is 2.19. The molecule has 0 aliphatic rings. The molecule has 0 aliphatic heterocycles. The molecule has 0 heterocycles. The van der Waals surface area contributed by atoms with Crippen LogP contribution in [-0.4, -0.2) is 24.6 Å². The maximum Gasteiger partial charge on any atom is 0.513 e. The molecule has 0 unspecified atom stereocenters. The van der Waals surface area contributed by atoms with Crippen molar-refractivity contribution in [2.75, 3.05) is 17.2 Å². The van der Waals surface area contributed by atoms with E-state index >= 15 is 0 Å². The van der Waals surface area contributed by atoms with E-state index in [0.717, 1.165) is 6.07 Å². The normalized spacial score (nSPS) is 10.3. The van der Waals surface area contributed by atoms with Crippen LogP contribution in [0.5, 0.6) is 5.75 Å². The molecule has 10 heteroatoms. The zero-order valence-corrected chi connectivity index (χ0v) is 17.2. The van der Waals surface area contributed by atoms with Crippen molar-refractivity contribution in [2.45, 2.75) is 6.92 Å². The molecule has 3 aromatic carbocycles. The van der Waals surface area contributed by atoms with Crippen LogP contribution in [0.15, 0.2) is 60.7 Å². The lowest BCUT2D eigenvalue weighted by Crippen LogP contribution is -2.15. The van der Waals surface area contributed by atoms with Crippen LogP contribution in [0.1, 0.15) is 27.6 Å². The molecule has 3 aromatic rings. The van der Waals surface area contributed by atoms with Gasteiger partial charge in [0.15, 0.2) is 17.5 Å². The molecule has 3 rings (SSSR count). The fraction of sp³-hybridized carbons (Fsp3) is 0.0870. The summed E-state index contributed by atoms with van der Waals surface area (Å²) in [4.78, 5) is 35.8. The van der Waals surface area contributed by atoms with Gasteiger partial charge in [0.1, 0.15) is 5.75 Å². The molecule has 2 N–H and O–H groups in total. The summed E-state index contributed by atoms with van der Waals surface area (Å²) in [6.07, 6.45) is -0.853. The second kappa shape index (κ2) is 10.3. The first-order valence-electron chi connectivity index (χ1n) is 9.59. The van der Waals surface area contributed by atoms with Crippen molar-refractivity contribution in [2.24, 2.45) is 0 Å². The van der Waals surface area contributed by atoms with Crippen LogP contribution in [0.2, 0.25) is 0 Å². The lowest BCUT2D eigenvalue weighted by atomic mass is 10.1. The van der Waals surface area contributed by atoms with Crippen molar-refractivity contribution in [3.8, 4) is 5.75 Å². The van der Waals surface area contributed by atoms with Crippen LogP contribution in [0.3, 0.4) is 0 Å². The Kier molecular flexibility index (Phi) is 7.29. The van der Waals surface area contributed by atoms with Crippen LogP contribution >= 0.6 is 0 Å². The summed E-state index contributed by atoms with van der Waals surface area (Å²) >= 11 is 0. The van der Waals surface area contributed by atoms with Crippen LogP contribution in [0, 0.1) is 17.5 Å². The average molecular weight is 458 g/mol. The Labute approximate surface area is 186 Å². The Morgan fingerprint density at radius 2 is 1.33 bits per heavy atom. The number of nitrogens with one attached hydrogen (secondary N) is 2. The summed E-state index contributed by atoms with van der Waals surface area (Å²) in [5, 5.41) is 4.99. The van der Waals surface area contributed by atoms with Gasteiger partial charge in [-0.15, -0.1) is 0 Å². The number of carbonyl (C=O) groups is 3. The quantitative estimate of drug-likeness (QED) is 0.303. The highest BCUT2D eigenvalue weighted by Crippen LogP contribution is 2.19. The molecule has 0 fully saturated rings. The number of carbonyl (C=O) groups excluding carboxylic acids is 3. The third-order valence-electron chi connectivity index (χ3n) is 4.26. The van der Waals surface area contributed by atoms with E-state index in [0.29, 0.717) is 11.8 Å². The summed E-state index contributed by atoms with van der Waals surface area (Å²) < 4.78 is 49.7. The van der Waals surface area contributed by atoms with Crippen molar-refractivity contribution in [3.05, 3.63) is 89.2 Å². The molecule has 0 radical (unpaired) electrons. The van der Waals surface area contributed by atoms with Gasteiger partial charge in [-0.05, 0) is 67.6 Å². The molecule has 0 atom stereocenters. The Morgan fingerprint density at radius 1 is 0.758 bits per heavy atom. The second-order valence-electron chi connectivity index (χ2n) is 6.52. The standard InChI is InChI=1S/C23H17F3N2O5/c1-2-32-23(31)33-16-9-3-13(4-10-16)21(29)27-14-5-7-15(8-6-14)28-22(30)17-11-12-18(24)20(26)19(17)25/h3-12H,2H2,1H3,(H,27,29)(H,28,30). The average Bonchev–Trinajstić information content (AvgIpc) is 2.79. The summed E-state index contributed by atoms with van der Waals surface area (Å²) in [5.41, 5.74) is 0.269. The van der Waals surface area contributed by atoms with Crippen molar-refractivity contribution < 1.29 is 37.0 Å². The SMILES string of the molecule is CCOC(=O)Oc1ccc(C(=O)Nc2ccc(NC(=O)c3ccc(F)c(F)c3F)cc2)cc1. The highest BCUT2D eigenvalue weighted by molar-refractivity contribution is 6.06. The fourth-order valence-electron chi connectivity index (χ4n) is 2.66. The maximum absolute atomic E-state index is 13.8. The van der Waals surface area contributed by atoms with Crippen molar-refractivity contribution in [1.29, 1.82) is 0 Å². The Bertz CT molecular complexity index is 1180. The molecule has 0 aromatic heterocycles. The Hall–Kier alpha value is -4.34. The van der Waals surface area contributed by atoms with Gasteiger partial charge in [-0.1, -0.05) is 0 Å². The Morgan fingerprint density at radius 3 is 1.91 bits per heavy atom. The van der Waals surface area contributed by atoms with Crippen molar-refractivity contribution in [1.82, 2.24) is 0 Å². The molecule has 7 nitrogen and oxygen atoms in total. The molecule has 2 amide bonds. The van der Waals surface area contributed by atoms with Crippen molar-refractivity contribution in [3.63, 3.8) is 0 Å². The predicted octanol–water partition coefficient (Wildman–Crippen LogP) is 5.14. The Balaban J connectivity index is 1.60. The van der Waals surface area contributed by atoms with E-state index in [4.69, 9.17) is 4.74 Å². The van der Waals surface area contributed by atoms with Crippen molar-refractivity contribution >= 4 is 29.3 Å². The van der Waals surface area contributed by atoms with Gasteiger partial charge < -0.3 is 20.1 Å². The highest BCUT2D eigenvalue weighted by atomic mass is 19.2. The van der Waals surface area contributed by atoms with E-state index in [1.54, 1.807) is 6.92 Å². The smallest absolute Gasteiger partial charge is 0.434 e. The molecular formula is C23H17F3N2O5. The van der Waals surface area contributed by atoms with E-state index in [-0.39, 0.29) is 23.6 Å². The molecule has 170 valence electrons. The van der Waals surface area contributed by atoms with Gasteiger partial charge in [0.25, 0.3) is 11.8 Å². The zero-order valence-electron chi connectivity index (χ0n) is 17.2. The molecule has 0 aliphatic carbocycles. The number of rotatable bonds is 6. The first-order valence-corrected chi connectivity index (χ1v) is 9.59. The number of anilines is 2. The van der Waals surface area contributed by atoms with Gasteiger partial charge in [0, 0.05) is 16.9 Å². The number of benzene rings is 3. The van der Waals surface area contributed by atoms with Crippen LogP contribution < -0.4 is 15.4 Å². The van der Waals surface area contributed by atoms with Crippen LogP contribution in [0.25, 0.3) is 0 Å². The summed E-state index contributed by atoms with van der Waals surface area (Å²) in [6.45, 7) is 1.81. The largest absolute Gasteiger partial charge is 0.513 e. The summed E-state index contributed by atoms with van der Waals surface area (Å²) in [5.74, 6) is -5.92. The number of ether oxygens (including phenoxy) is 2. The monoisotopic (exact) mass is 458 g/mol. The molecule has 0 saturated carbocycles. The van der Waals surface area contributed by atoms with E-state index in [1.165, 1.54) is 48.5 Å². The minimum atomic E-state index is -1.74. The number of hydrogen-bond donors (Lipinski definition) is 2. The minimum absolute atomic E-state index is 0.170. The molecule has 0 bridgehead atoms. The van der Waals surface area contributed by atoms with E-state index in [1.807, 2.05) is 0 Å². The van der Waals surface area contributed by atoms with Gasteiger partial charge in [-0.25, -0.2) is 18.0 Å². The van der Waals surface area contributed by atoms with Gasteiger partial charge in [0.2, 0.25) is 0 Å². The fourth-order valence-corrected chi connectivity index (χ4v) is 2.66. The van der Waals surface area contributed by atoms with Gasteiger partial charge in [-0.3, -0.25) is 9.59 Å². The number of amides is 2. The van der Waals surface area contributed by atoms with E-state index in [2.05, 4.69) is 15.4 Å². The minimum Gasteiger partial charge on any atom is -0.434 e. The topological polar surface area (TPSA) is 93.7 Å².